The quantitative estimate of drug-likeness (QED) is 0.318. The molecule has 5 rings (SSSR count). The first-order chi connectivity index (χ1) is 19.3. The van der Waals surface area contributed by atoms with Crippen LogP contribution in [0.15, 0.2) is 11.8 Å². The number of carbonyl (C=O) groups excluding carboxylic acids is 2. The molecule has 9 nitrogen and oxygen atoms in total. The molecule has 41 heavy (non-hydrogen) atoms. The molecule has 3 saturated carbocycles. The van der Waals surface area contributed by atoms with Crippen molar-refractivity contribution in [1.29, 1.82) is 0 Å². The Hall–Kier alpha value is -1.68. The molecule has 1 spiro atoms. The second-order valence-electron chi connectivity index (χ2n) is 14.2. The van der Waals surface area contributed by atoms with E-state index in [0.29, 0.717) is 32.2 Å². The van der Waals surface area contributed by atoms with Gasteiger partial charge >= 0.3 is 11.9 Å². The van der Waals surface area contributed by atoms with Gasteiger partial charge in [-0.15, -0.1) is 0 Å². The Morgan fingerprint density at radius 1 is 1.17 bits per heavy atom. The number of esters is 2. The van der Waals surface area contributed by atoms with Crippen LogP contribution >= 0.6 is 0 Å². The van der Waals surface area contributed by atoms with Crippen LogP contribution in [0.25, 0.3) is 0 Å². The van der Waals surface area contributed by atoms with Crippen LogP contribution in [-0.2, 0) is 38.0 Å². The number of ether oxygens (including phenoxy) is 6. The molecule has 12 atom stereocenters. The number of carbonyl (C=O) groups is 2. The van der Waals surface area contributed by atoms with Gasteiger partial charge in [0.25, 0.3) is 0 Å². The molecule has 5 aliphatic rings. The van der Waals surface area contributed by atoms with Crippen molar-refractivity contribution in [1.82, 2.24) is 0 Å². The maximum absolute atomic E-state index is 13.9. The number of rotatable bonds is 13. The maximum atomic E-state index is 13.9. The molecule has 2 aliphatic heterocycles. The van der Waals surface area contributed by atoms with E-state index in [1.165, 1.54) is 6.92 Å². The molecule has 1 saturated heterocycles. The van der Waals surface area contributed by atoms with Crippen LogP contribution in [0.5, 0.6) is 0 Å². The third-order valence-corrected chi connectivity index (χ3v) is 11.0. The molecular weight excluding hydrogens is 528 g/mol. The molecule has 9 heteroatoms. The van der Waals surface area contributed by atoms with Gasteiger partial charge in [-0.25, -0.2) is 0 Å². The smallest absolute Gasteiger partial charge is 0.313 e. The van der Waals surface area contributed by atoms with Gasteiger partial charge in [0.2, 0.25) is 6.29 Å². The topological polar surface area (TPSA) is 110 Å². The van der Waals surface area contributed by atoms with E-state index < -0.39 is 29.5 Å². The van der Waals surface area contributed by atoms with Crippen LogP contribution < -0.4 is 0 Å². The normalized spacial score (nSPS) is 40.8. The van der Waals surface area contributed by atoms with Gasteiger partial charge in [0, 0.05) is 54.6 Å². The molecule has 2 unspecified atom stereocenters. The lowest BCUT2D eigenvalue weighted by molar-refractivity contribution is -0.213. The Morgan fingerprint density at radius 2 is 1.90 bits per heavy atom. The lowest BCUT2D eigenvalue weighted by Gasteiger charge is -2.51. The summed E-state index contributed by atoms with van der Waals surface area (Å²) in [6, 6.07) is 0. The first kappa shape index (κ1) is 30.8. The van der Waals surface area contributed by atoms with Crippen LogP contribution in [-0.4, -0.2) is 73.2 Å². The second kappa shape index (κ2) is 11.1. The lowest BCUT2D eigenvalue weighted by Crippen LogP contribution is -2.58. The summed E-state index contributed by atoms with van der Waals surface area (Å²) in [5.74, 6) is -0.241. The minimum Gasteiger partial charge on any atom is -0.472 e. The average Bonchev–Trinajstić information content (AvgIpc) is 3.32. The maximum Gasteiger partial charge on any atom is 0.313 e. The summed E-state index contributed by atoms with van der Waals surface area (Å²) in [6.07, 6.45) is 2.89. The molecular formula is C32H50O9. The minimum absolute atomic E-state index is 0.000747. The molecule has 0 aromatic heterocycles. The highest BCUT2D eigenvalue weighted by Crippen LogP contribution is 2.77. The van der Waals surface area contributed by atoms with Gasteiger partial charge in [-0.1, -0.05) is 27.2 Å². The van der Waals surface area contributed by atoms with E-state index in [4.69, 9.17) is 28.4 Å². The third kappa shape index (κ3) is 5.02. The highest BCUT2D eigenvalue weighted by atomic mass is 16.7. The van der Waals surface area contributed by atoms with E-state index in [2.05, 4.69) is 20.8 Å². The third-order valence-electron chi connectivity index (χ3n) is 11.0. The summed E-state index contributed by atoms with van der Waals surface area (Å²) in [5.41, 5.74) is -0.787. The van der Waals surface area contributed by atoms with E-state index in [1.807, 2.05) is 20.8 Å². The summed E-state index contributed by atoms with van der Waals surface area (Å²) in [5, 5.41) is 10.0. The van der Waals surface area contributed by atoms with Crippen molar-refractivity contribution >= 4 is 11.9 Å². The Balaban J connectivity index is 1.46. The zero-order valence-electron chi connectivity index (χ0n) is 26.0. The largest absolute Gasteiger partial charge is 0.472 e. The highest BCUT2D eigenvalue weighted by molar-refractivity contribution is 5.82. The molecule has 4 fully saturated rings. The minimum atomic E-state index is -0.772. The first-order valence-electron chi connectivity index (χ1n) is 15.6. The van der Waals surface area contributed by atoms with Crippen molar-refractivity contribution in [2.24, 2.45) is 40.4 Å². The van der Waals surface area contributed by atoms with Gasteiger partial charge in [0.1, 0.15) is 11.7 Å². The van der Waals surface area contributed by atoms with E-state index in [-0.39, 0.29) is 53.2 Å². The number of hydrogen-bond donors (Lipinski definition) is 1. The Kier molecular flexibility index (Phi) is 8.33. The number of hydrogen-bond acceptors (Lipinski definition) is 9. The van der Waals surface area contributed by atoms with Gasteiger partial charge in [0.15, 0.2) is 6.10 Å². The van der Waals surface area contributed by atoms with Crippen LogP contribution in [0.4, 0.5) is 0 Å². The van der Waals surface area contributed by atoms with Crippen molar-refractivity contribution in [2.75, 3.05) is 19.8 Å². The van der Waals surface area contributed by atoms with Crippen LogP contribution in [0, 0.1) is 40.4 Å². The SMILES string of the molecule is CCC(C)CO[C@@H]1CC2[C@H](OC[C@@H](C)[C@H](C)O)OC=C3[C@H]4OC(=O)[C@]5(C)[C@@H](C[C@@]32[C@@H]15)[C@@H]4OCCC(C)(C)OC(C)=O. The van der Waals surface area contributed by atoms with Crippen molar-refractivity contribution in [3.63, 3.8) is 0 Å². The first-order valence-corrected chi connectivity index (χ1v) is 15.6. The second-order valence-corrected chi connectivity index (χ2v) is 14.2. The molecule has 1 N–H and O–H groups in total. The van der Waals surface area contributed by atoms with Gasteiger partial charge < -0.3 is 33.5 Å². The molecule has 232 valence electrons. The molecule has 2 heterocycles. The summed E-state index contributed by atoms with van der Waals surface area (Å²) in [6.45, 7) is 16.7. The standard InChI is InChI=1S/C32H50O9/c1-9-17(2)14-37-24-12-21-28(38-15-18(3)19(4)33)39-16-23-26-25(36-11-10-30(6,7)41-20(5)34)22-13-32(21,23)27(24)31(22,8)29(35)40-26/h16-19,21-22,24-28,33H,9-15H2,1-8H3/t17?,18-,19+,21?,22+,24-,25+,26-,27+,28-,31-,32+/m1/s1. The molecule has 3 aliphatic carbocycles. The van der Waals surface area contributed by atoms with Gasteiger partial charge in [-0.05, 0) is 46.5 Å². The van der Waals surface area contributed by atoms with Crippen LogP contribution in [0.3, 0.4) is 0 Å². The summed E-state index contributed by atoms with van der Waals surface area (Å²) < 4.78 is 37.6. The zero-order chi connectivity index (χ0) is 29.9. The van der Waals surface area contributed by atoms with Crippen molar-refractivity contribution < 1.29 is 43.1 Å². The highest BCUT2D eigenvalue weighted by Gasteiger charge is 2.82. The average molecular weight is 579 g/mol. The van der Waals surface area contributed by atoms with Gasteiger partial charge in [-0.2, -0.15) is 0 Å². The summed E-state index contributed by atoms with van der Waals surface area (Å²) >= 11 is 0. The Morgan fingerprint density at radius 3 is 2.56 bits per heavy atom. The van der Waals surface area contributed by atoms with Crippen LogP contribution in [0.1, 0.15) is 81.1 Å². The van der Waals surface area contributed by atoms with E-state index in [1.54, 1.807) is 13.2 Å². The monoisotopic (exact) mass is 578 g/mol. The van der Waals surface area contributed by atoms with E-state index in [9.17, 15) is 14.7 Å². The zero-order valence-corrected chi connectivity index (χ0v) is 26.0. The number of aliphatic hydroxyl groups excluding tert-OH is 1. The van der Waals surface area contributed by atoms with Crippen molar-refractivity contribution in [2.45, 2.75) is 117 Å². The fourth-order valence-electron chi connectivity index (χ4n) is 8.40. The number of fused-ring (bicyclic) bond motifs is 3. The predicted molar refractivity (Wildman–Crippen MR) is 149 cm³/mol. The lowest BCUT2D eigenvalue weighted by atomic mass is 9.61. The fraction of sp³-hybridized carbons (Fsp3) is 0.875. The molecule has 0 amide bonds. The van der Waals surface area contributed by atoms with Gasteiger partial charge in [0.05, 0.1) is 37.1 Å². The Bertz CT molecular complexity index is 1040. The molecule has 0 aromatic rings. The summed E-state index contributed by atoms with van der Waals surface area (Å²) in [7, 11) is 0. The molecule has 3 bridgehead atoms. The molecule has 0 aromatic carbocycles. The van der Waals surface area contributed by atoms with Crippen molar-refractivity contribution in [3.05, 3.63) is 11.8 Å². The van der Waals surface area contributed by atoms with Crippen molar-refractivity contribution in [3.8, 4) is 0 Å². The number of aliphatic hydroxyl groups is 1. The van der Waals surface area contributed by atoms with Gasteiger partial charge in [-0.3, -0.25) is 9.59 Å². The fourth-order valence-corrected chi connectivity index (χ4v) is 8.40. The molecule has 0 radical (unpaired) electrons. The Labute approximate surface area is 244 Å². The van der Waals surface area contributed by atoms with E-state index in [0.717, 1.165) is 24.8 Å². The van der Waals surface area contributed by atoms with Crippen LogP contribution in [0.2, 0.25) is 0 Å². The van der Waals surface area contributed by atoms with E-state index >= 15 is 0 Å². The predicted octanol–water partition coefficient (Wildman–Crippen LogP) is 4.40. The summed E-state index contributed by atoms with van der Waals surface area (Å²) in [4.78, 5) is 25.4.